The molecule has 2 aromatic rings. The van der Waals surface area contributed by atoms with E-state index >= 15 is 0 Å². The summed E-state index contributed by atoms with van der Waals surface area (Å²) >= 11 is 18.5. The van der Waals surface area contributed by atoms with Crippen LogP contribution in [-0.2, 0) is 9.59 Å². The first-order valence-electron chi connectivity index (χ1n) is 10.1. The van der Waals surface area contributed by atoms with Gasteiger partial charge in [-0.3, -0.25) is 14.5 Å². The van der Waals surface area contributed by atoms with Gasteiger partial charge in [0.15, 0.2) is 5.78 Å². The van der Waals surface area contributed by atoms with Crippen molar-refractivity contribution in [2.24, 2.45) is 16.9 Å². The number of allylic oxidation sites excluding steroid dienone is 2. The Bertz CT molecular complexity index is 1200. The van der Waals surface area contributed by atoms with Crippen molar-refractivity contribution in [2.45, 2.75) is 32.6 Å². The maximum Gasteiger partial charge on any atom is 0.249 e. The quantitative estimate of drug-likeness (QED) is 0.590. The second-order valence-electron chi connectivity index (χ2n) is 8.88. The van der Waals surface area contributed by atoms with Gasteiger partial charge in [-0.15, -0.1) is 0 Å². The van der Waals surface area contributed by atoms with Crippen LogP contribution in [0.15, 0.2) is 65.1 Å². The van der Waals surface area contributed by atoms with Gasteiger partial charge in [0.05, 0.1) is 15.6 Å². The maximum absolute atomic E-state index is 13.5. The SMILES string of the molecule is CC1(C)CC(=O)C2=C(C1)N(c1ccc(Cl)c(Cl)c1)C(N)=C(C(N)=O)C2c1ccc(Cl)cc1. The van der Waals surface area contributed by atoms with Crippen molar-refractivity contribution < 1.29 is 9.59 Å². The van der Waals surface area contributed by atoms with Crippen molar-refractivity contribution in [1.29, 1.82) is 0 Å². The van der Waals surface area contributed by atoms with Gasteiger partial charge < -0.3 is 11.5 Å². The zero-order valence-electron chi connectivity index (χ0n) is 17.6. The Balaban J connectivity index is 2.03. The number of benzene rings is 2. The summed E-state index contributed by atoms with van der Waals surface area (Å²) in [4.78, 5) is 27.9. The molecule has 2 aromatic carbocycles. The summed E-state index contributed by atoms with van der Waals surface area (Å²) in [5.74, 6) is -1.26. The minimum atomic E-state index is -0.698. The van der Waals surface area contributed by atoms with Gasteiger partial charge in [0, 0.05) is 34.3 Å². The fourth-order valence-electron chi connectivity index (χ4n) is 4.56. The van der Waals surface area contributed by atoms with E-state index in [0.29, 0.717) is 39.2 Å². The number of rotatable bonds is 3. The fraction of sp³-hybridized carbons (Fsp3) is 0.250. The minimum absolute atomic E-state index is 0.0486. The van der Waals surface area contributed by atoms with E-state index in [1.807, 2.05) is 13.8 Å². The molecule has 0 aromatic heterocycles. The maximum atomic E-state index is 13.5. The van der Waals surface area contributed by atoms with Gasteiger partial charge >= 0.3 is 0 Å². The number of hydrogen-bond acceptors (Lipinski definition) is 4. The van der Waals surface area contributed by atoms with Crippen LogP contribution in [0.1, 0.15) is 38.2 Å². The molecule has 8 heteroatoms. The molecule has 1 aliphatic carbocycles. The first-order chi connectivity index (χ1) is 15.0. The number of halogens is 3. The molecule has 1 aliphatic heterocycles. The fourth-order valence-corrected chi connectivity index (χ4v) is 4.98. The van der Waals surface area contributed by atoms with E-state index in [0.717, 1.165) is 11.3 Å². The summed E-state index contributed by atoms with van der Waals surface area (Å²) in [6.45, 7) is 4.06. The van der Waals surface area contributed by atoms with E-state index in [-0.39, 0.29) is 22.6 Å². The number of ketones is 1. The molecule has 4 rings (SSSR count). The first kappa shape index (κ1) is 22.7. The Morgan fingerprint density at radius 1 is 1.03 bits per heavy atom. The van der Waals surface area contributed by atoms with E-state index in [1.165, 1.54) is 0 Å². The third-order valence-corrected chi connectivity index (χ3v) is 6.88. The molecule has 0 bridgehead atoms. The molecule has 0 radical (unpaired) electrons. The second-order valence-corrected chi connectivity index (χ2v) is 10.1. The summed E-state index contributed by atoms with van der Waals surface area (Å²) in [7, 11) is 0. The van der Waals surface area contributed by atoms with E-state index in [4.69, 9.17) is 46.3 Å². The molecule has 166 valence electrons. The first-order valence-corrected chi connectivity index (χ1v) is 11.2. The normalized spacial score (nSPS) is 20.5. The van der Waals surface area contributed by atoms with Crippen LogP contribution in [0.3, 0.4) is 0 Å². The van der Waals surface area contributed by atoms with E-state index < -0.39 is 11.8 Å². The molecule has 0 spiro atoms. The molecule has 2 aliphatic rings. The lowest BCUT2D eigenvalue weighted by Gasteiger charge is -2.44. The number of primary amides is 1. The Hall–Kier alpha value is -2.47. The zero-order chi connectivity index (χ0) is 23.4. The molecular formula is C24H22Cl3N3O2. The Morgan fingerprint density at radius 3 is 2.28 bits per heavy atom. The van der Waals surface area contributed by atoms with E-state index in [2.05, 4.69) is 0 Å². The largest absolute Gasteiger partial charge is 0.384 e. The van der Waals surface area contributed by atoms with Gasteiger partial charge in [0.2, 0.25) is 5.91 Å². The summed E-state index contributed by atoms with van der Waals surface area (Å²) in [6, 6.07) is 12.1. The molecule has 32 heavy (non-hydrogen) atoms. The monoisotopic (exact) mass is 489 g/mol. The van der Waals surface area contributed by atoms with Crippen molar-refractivity contribution in [1.82, 2.24) is 0 Å². The van der Waals surface area contributed by atoms with Crippen molar-refractivity contribution in [3.63, 3.8) is 0 Å². The zero-order valence-corrected chi connectivity index (χ0v) is 19.9. The molecule has 4 N–H and O–H groups in total. The van der Waals surface area contributed by atoms with Crippen LogP contribution in [0.5, 0.6) is 0 Å². The smallest absolute Gasteiger partial charge is 0.249 e. The topological polar surface area (TPSA) is 89.4 Å². The van der Waals surface area contributed by atoms with Gasteiger partial charge in [0.1, 0.15) is 5.82 Å². The Labute approximate surface area is 201 Å². The number of carbonyl (C=O) groups excluding carboxylic acids is 2. The van der Waals surface area contributed by atoms with Crippen LogP contribution in [0.25, 0.3) is 0 Å². The van der Waals surface area contributed by atoms with Gasteiger partial charge in [-0.1, -0.05) is 60.8 Å². The lowest BCUT2D eigenvalue weighted by Crippen LogP contribution is -2.44. The molecule has 0 fully saturated rings. The predicted molar refractivity (Wildman–Crippen MR) is 129 cm³/mol. The molecule has 5 nitrogen and oxygen atoms in total. The van der Waals surface area contributed by atoms with Crippen molar-refractivity contribution in [3.05, 3.63) is 85.8 Å². The molecule has 0 saturated carbocycles. The van der Waals surface area contributed by atoms with Crippen molar-refractivity contribution in [3.8, 4) is 0 Å². The van der Waals surface area contributed by atoms with Crippen LogP contribution in [-0.4, -0.2) is 11.7 Å². The van der Waals surface area contributed by atoms with Gasteiger partial charge in [-0.2, -0.15) is 0 Å². The van der Waals surface area contributed by atoms with Crippen molar-refractivity contribution >= 4 is 52.2 Å². The number of amides is 1. The number of Topliss-reactive ketones (excluding diaryl/α,β-unsaturated/α-hetero) is 1. The lowest BCUT2D eigenvalue weighted by atomic mass is 9.68. The predicted octanol–water partition coefficient (Wildman–Crippen LogP) is 5.55. The number of nitrogens with zero attached hydrogens (tertiary/aromatic N) is 1. The molecule has 1 heterocycles. The highest BCUT2D eigenvalue weighted by atomic mass is 35.5. The van der Waals surface area contributed by atoms with Crippen molar-refractivity contribution in [2.75, 3.05) is 4.90 Å². The van der Waals surface area contributed by atoms with E-state index in [9.17, 15) is 9.59 Å². The summed E-state index contributed by atoms with van der Waals surface area (Å²) in [5.41, 5.74) is 14.9. The standard InChI is InChI=1S/C24H22Cl3N3O2/c1-24(2)10-17-20(18(31)11-24)19(12-3-5-13(25)6-4-12)21(23(29)32)22(28)30(17)14-7-8-15(26)16(27)9-14/h3-9,19H,10-11,28H2,1-2H3,(H2,29,32). The molecular weight excluding hydrogens is 469 g/mol. The van der Waals surface area contributed by atoms with Crippen LogP contribution in [0.2, 0.25) is 15.1 Å². The number of hydrogen-bond donors (Lipinski definition) is 2. The average molecular weight is 491 g/mol. The van der Waals surface area contributed by atoms with Crippen LogP contribution in [0.4, 0.5) is 5.69 Å². The van der Waals surface area contributed by atoms with Gasteiger partial charge in [-0.05, 0) is 47.7 Å². The van der Waals surface area contributed by atoms with Gasteiger partial charge in [0.25, 0.3) is 0 Å². The van der Waals surface area contributed by atoms with Crippen LogP contribution < -0.4 is 16.4 Å². The summed E-state index contributed by atoms with van der Waals surface area (Å²) in [5, 5.41) is 1.27. The third kappa shape index (κ3) is 3.90. The molecule has 1 unspecified atom stereocenters. The Kier molecular flexibility index (Phi) is 5.78. The average Bonchev–Trinajstić information content (AvgIpc) is 2.69. The second kappa shape index (κ2) is 8.14. The molecule has 1 amide bonds. The summed E-state index contributed by atoms with van der Waals surface area (Å²) < 4.78 is 0. The van der Waals surface area contributed by atoms with Crippen LogP contribution >= 0.6 is 34.8 Å². The lowest BCUT2D eigenvalue weighted by molar-refractivity contribution is -0.118. The third-order valence-electron chi connectivity index (χ3n) is 5.89. The highest BCUT2D eigenvalue weighted by Gasteiger charge is 2.45. The van der Waals surface area contributed by atoms with Gasteiger partial charge in [-0.25, -0.2) is 0 Å². The number of carbonyl (C=O) groups is 2. The highest BCUT2D eigenvalue weighted by Crippen LogP contribution is 2.50. The van der Waals surface area contributed by atoms with E-state index in [1.54, 1.807) is 47.4 Å². The molecule has 0 saturated heterocycles. The Morgan fingerprint density at radius 2 is 1.69 bits per heavy atom. The summed E-state index contributed by atoms with van der Waals surface area (Å²) in [6.07, 6.45) is 0.919. The number of nitrogens with two attached hydrogens (primary N) is 2. The number of anilines is 1. The minimum Gasteiger partial charge on any atom is -0.384 e. The highest BCUT2D eigenvalue weighted by molar-refractivity contribution is 6.42. The van der Waals surface area contributed by atoms with Crippen LogP contribution in [0, 0.1) is 5.41 Å². The molecule has 1 atom stereocenters.